The average Bonchev–Trinajstić information content (AvgIpc) is 2.19. The molecule has 0 saturated carbocycles. The molecule has 1 saturated heterocycles. The maximum Gasteiger partial charge on any atom is 0.245 e. The largest absolute Gasteiger partial charge is 0.343 e. The van der Waals surface area contributed by atoms with Crippen LogP contribution in [0.5, 0.6) is 0 Å². The Kier molecular flexibility index (Phi) is 4.17. The molecule has 1 aliphatic heterocycles. The van der Waals surface area contributed by atoms with Crippen molar-refractivity contribution in [1.82, 2.24) is 10.2 Å². The zero-order chi connectivity index (χ0) is 13.2. The first-order chi connectivity index (χ1) is 7.79. The normalized spacial score (nSPS) is 26.1. The molecule has 98 valence electrons. The summed E-state index contributed by atoms with van der Waals surface area (Å²) in [5.41, 5.74) is -0.229. The summed E-state index contributed by atoms with van der Waals surface area (Å²) in [6.45, 7) is 10.5. The van der Waals surface area contributed by atoms with Gasteiger partial charge in [-0.05, 0) is 18.8 Å². The van der Waals surface area contributed by atoms with E-state index >= 15 is 0 Å². The molecule has 0 spiro atoms. The van der Waals surface area contributed by atoms with Crippen molar-refractivity contribution in [2.45, 2.75) is 59.5 Å². The smallest absolute Gasteiger partial charge is 0.245 e. The number of rotatable bonds is 3. The predicted molar refractivity (Wildman–Crippen MR) is 67.5 cm³/mol. The number of carbonyl (C=O) groups is 2. The maximum atomic E-state index is 12.1. The van der Waals surface area contributed by atoms with Crippen molar-refractivity contribution < 1.29 is 9.59 Å². The van der Waals surface area contributed by atoms with Gasteiger partial charge in [0, 0.05) is 6.54 Å². The molecule has 17 heavy (non-hydrogen) atoms. The molecule has 2 atom stereocenters. The van der Waals surface area contributed by atoms with Gasteiger partial charge in [0.25, 0.3) is 0 Å². The van der Waals surface area contributed by atoms with Crippen molar-refractivity contribution in [3.8, 4) is 0 Å². The number of amides is 2. The van der Waals surface area contributed by atoms with E-state index in [-0.39, 0.29) is 23.3 Å². The summed E-state index contributed by atoms with van der Waals surface area (Å²) in [4.78, 5) is 26.0. The Hall–Kier alpha value is -1.06. The van der Waals surface area contributed by atoms with E-state index in [2.05, 4.69) is 12.2 Å². The Bertz CT molecular complexity index is 307. The van der Waals surface area contributed by atoms with E-state index in [4.69, 9.17) is 0 Å². The van der Waals surface area contributed by atoms with Gasteiger partial charge >= 0.3 is 0 Å². The van der Waals surface area contributed by atoms with Crippen molar-refractivity contribution in [1.29, 1.82) is 0 Å². The van der Waals surface area contributed by atoms with Gasteiger partial charge in [0.15, 0.2) is 0 Å². The van der Waals surface area contributed by atoms with E-state index in [0.29, 0.717) is 6.54 Å². The molecule has 1 aliphatic rings. The van der Waals surface area contributed by atoms with E-state index in [1.165, 1.54) is 0 Å². The Morgan fingerprint density at radius 3 is 2.35 bits per heavy atom. The van der Waals surface area contributed by atoms with Gasteiger partial charge in [-0.1, -0.05) is 34.1 Å². The molecule has 1 heterocycles. The molecular formula is C13H24N2O2. The van der Waals surface area contributed by atoms with Crippen LogP contribution >= 0.6 is 0 Å². The molecule has 0 radical (unpaired) electrons. The lowest BCUT2D eigenvalue weighted by molar-refractivity contribution is -0.153. The highest BCUT2D eigenvalue weighted by Crippen LogP contribution is 2.28. The molecule has 0 bridgehead atoms. The molecule has 2 amide bonds. The lowest BCUT2D eigenvalue weighted by Gasteiger charge is -2.44. The average molecular weight is 240 g/mol. The second kappa shape index (κ2) is 5.07. The topological polar surface area (TPSA) is 49.4 Å². The molecule has 0 aromatic rings. The Balaban J connectivity index is 2.95. The number of carbonyl (C=O) groups excluding carboxylic acids is 2. The van der Waals surface area contributed by atoms with Crippen molar-refractivity contribution in [3.05, 3.63) is 0 Å². The standard InChI is InChI=1S/C13H24N2O2/c1-6-7-8-15-10(13(3,4)5)11(16)14-9(2)12(15)17/h9-10H,6-8H2,1-5H3,(H,14,16). The van der Waals surface area contributed by atoms with E-state index in [1.54, 1.807) is 11.8 Å². The van der Waals surface area contributed by atoms with Crippen LogP contribution in [0.4, 0.5) is 0 Å². The number of unbranched alkanes of at least 4 members (excludes halogenated alkanes) is 1. The van der Waals surface area contributed by atoms with Crippen LogP contribution in [0.3, 0.4) is 0 Å². The highest BCUT2D eigenvalue weighted by molar-refractivity contribution is 5.97. The van der Waals surface area contributed by atoms with Crippen LogP contribution in [0.2, 0.25) is 0 Å². The van der Waals surface area contributed by atoms with Crippen molar-refractivity contribution in [2.24, 2.45) is 5.41 Å². The summed E-state index contributed by atoms with van der Waals surface area (Å²) in [7, 11) is 0. The van der Waals surface area contributed by atoms with Gasteiger partial charge in [-0.25, -0.2) is 0 Å². The SMILES string of the molecule is CCCCN1C(=O)C(C)NC(=O)C1C(C)(C)C. The molecular weight excluding hydrogens is 216 g/mol. The number of nitrogens with one attached hydrogen (secondary N) is 1. The fourth-order valence-electron chi connectivity index (χ4n) is 2.30. The first-order valence-electron chi connectivity index (χ1n) is 6.40. The highest BCUT2D eigenvalue weighted by Gasteiger charge is 2.44. The monoisotopic (exact) mass is 240 g/mol. The van der Waals surface area contributed by atoms with Crippen LogP contribution in [0.25, 0.3) is 0 Å². The first kappa shape index (κ1) is 14.0. The minimum absolute atomic E-state index is 0.0271. The Morgan fingerprint density at radius 2 is 1.88 bits per heavy atom. The molecule has 1 fully saturated rings. The quantitative estimate of drug-likeness (QED) is 0.813. The third-order valence-corrected chi connectivity index (χ3v) is 3.15. The fraction of sp³-hybridized carbons (Fsp3) is 0.846. The molecule has 1 rings (SSSR count). The van der Waals surface area contributed by atoms with Gasteiger partial charge in [-0.15, -0.1) is 0 Å². The van der Waals surface area contributed by atoms with Crippen LogP contribution in [0.1, 0.15) is 47.5 Å². The van der Waals surface area contributed by atoms with E-state index < -0.39 is 6.04 Å². The van der Waals surface area contributed by atoms with Crippen molar-refractivity contribution in [2.75, 3.05) is 6.54 Å². The van der Waals surface area contributed by atoms with E-state index in [1.807, 2.05) is 20.8 Å². The molecule has 4 heteroatoms. The summed E-state index contributed by atoms with van der Waals surface area (Å²) in [6.07, 6.45) is 1.97. The minimum atomic E-state index is -0.391. The van der Waals surface area contributed by atoms with E-state index in [9.17, 15) is 9.59 Å². The molecule has 0 aromatic carbocycles. The summed E-state index contributed by atoms with van der Waals surface area (Å²) in [6, 6.07) is -0.740. The van der Waals surface area contributed by atoms with Crippen molar-refractivity contribution in [3.63, 3.8) is 0 Å². The number of hydrogen-bond acceptors (Lipinski definition) is 2. The van der Waals surface area contributed by atoms with Gasteiger partial charge < -0.3 is 10.2 Å². The van der Waals surface area contributed by atoms with E-state index in [0.717, 1.165) is 12.8 Å². The summed E-state index contributed by atoms with van der Waals surface area (Å²) >= 11 is 0. The second-order valence-corrected chi connectivity index (χ2v) is 5.88. The predicted octanol–water partition coefficient (Wildman–Crippen LogP) is 1.55. The second-order valence-electron chi connectivity index (χ2n) is 5.88. The molecule has 1 N–H and O–H groups in total. The summed E-state index contributed by atoms with van der Waals surface area (Å²) in [5, 5.41) is 2.76. The summed E-state index contributed by atoms with van der Waals surface area (Å²) < 4.78 is 0. The van der Waals surface area contributed by atoms with Crippen LogP contribution in [0, 0.1) is 5.41 Å². The zero-order valence-corrected chi connectivity index (χ0v) is 11.5. The van der Waals surface area contributed by atoms with Gasteiger partial charge in [0.1, 0.15) is 12.1 Å². The fourth-order valence-corrected chi connectivity index (χ4v) is 2.30. The van der Waals surface area contributed by atoms with Crippen LogP contribution < -0.4 is 5.32 Å². The highest BCUT2D eigenvalue weighted by atomic mass is 16.2. The molecule has 0 aliphatic carbocycles. The van der Waals surface area contributed by atoms with Gasteiger partial charge in [0.2, 0.25) is 11.8 Å². The lowest BCUT2D eigenvalue weighted by Crippen LogP contribution is -2.66. The number of hydrogen-bond donors (Lipinski definition) is 1. The van der Waals surface area contributed by atoms with Crippen LogP contribution in [0.15, 0.2) is 0 Å². The van der Waals surface area contributed by atoms with Crippen LogP contribution in [-0.4, -0.2) is 35.3 Å². The van der Waals surface area contributed by atoms with Crippen LogP contribution in [-0.2, 0) is 9.59 Å². The maximum absolute atomic E-state index is 12.1. The minimum Gasteiger partial charge on any atom is -0.343 e. The molecule has 2 unspecified atom stereocenters. The van der Waals surface area contributed by atoms with Gasteiger partial charge in [-0.3, -0.25) is 9.59 Å². The van der Waals surface area contributed by atoms with Crippen molar-refractivity contribution >= 4 is 11.8 Å². The summed E-state index contributed by atoms with van der Waals surface area (Å²) in [5.74, 6) is 0.0127. The lowest BCUT2D eigenvalue weighted by atomic mass is 9.83. The van der Waals surface area contributed by atoms with Gasteiger partial charge in [-0.2, -0.15) is 0 Å². The third kappa shape index (κ3) is 2.99. The molecule has 4 nitrogen and oxygen atoms in total. The van der Waals surface area contributed by atoms with Gasteiger partial charge in [0.05, 0.1) is 0 Å². The number of piperazine rings is 1. The zero-order valence-electron chi connectivity index (χ0n) is 11.5. The number of nitrogens with zero attached hydrogens (tertiary/aromatic N) is 1. The Labute approximate surface area is 104 Å². The Morgan fingerprint density at radius 1 is 1.29 bits per heavy atom. The third-order valence-electron chi connectivity index (χ3n) is 3.15. The molecule has 0 aromatic heterocycles. The first-order valence-corrected chi connectivity index (χ1v) is 6.40.